The average Bonchev–Trinajstić information content (AvgIpc) is 2.86. The Morgan fingerprint density at radius 2 is 2.14 bits per heavy atom. The quantitative estimate of drug-likeness (QED) is 0.668. The van der Waals surface area contributed by atoms with Crippen molar-refractivity contribution in [1.82, 2.24) is 4.90 Å². The molecule has 84 valence electrons. The Balaban J connectivity index is 2.28. The standard InChI is InChI=1S/C11H24N2O/c1-10(8-14-3)13(2)9-11(4-5-11)6-7-12/h10H,4-9,12H2,1-3H3. The van der Waals surface area contributed by atoms with Gasteiger partial charge in [0.25, 0.3) is 0 Å². The first-order valence-electron chi connectivity index (χ1n) is 5.53. The summed E-state index contributed by atoms with van der Waals surface area (Å²) in [6, 6.07) is 0.509. The molecule has 0 spiro atoms. The fourth-order valence-electron chi connectivity index (χ4n) is 2.02. The maximum Gasteiger partial charge on any atom is 0.0615 e. The van der Waals surface area contributed by atoms with Gasteiger partial charge in [-0.25, -0.2) is 0 Å². The summed E-state index contributed by atoms with van der Waals surface area (Å²) < 4.78 is 5.15. The number of nitrogens with two attached hydrogens (primary N) is 1. The first-order chi connectivity index (χ1) is 6.63. The van der Waals surface area contributed by atoms with E-state index in [2.05, 4.69) is 18.9 Å². The van der Waals surface area contributed by atoms with Crippen molar-refractivity contribution in [2.24, 2.45) is 11.1 Å². The van der Waals surface area contributed by atoms with E-state index in [1.54, 1.807) is 7.11 Å². The lowest BCUT2D eigenvalue weighted by Crippen LogP contribution is -2.37. The lowest BCUT2D eigenvalue weighted by atomic mass is 10.0. The molecule has 0 heterocycles. The molecule has 0 bridgehead atoms. The van der Waals surface area contributed by atoms with Crippen LogP contribution in [0.1, 0.15) is 26.2 Å². The molecule has 3 heteroatoms. The van der Waals surface area contributed by atoms with Crippen molar-refractivity contribution in [3.63, 3.8) is 0 Å². The van der Waals surface area contributed by atoms with E-state index in [9.17, 15) is 0 Å². The van der Waals surface area contributed by atoms with Gasteiger partial charge in [0.1, 0.15) is 0 Å². The third-order valence-corrected chi connectivity index (χ3v) is 3.38. The number of hydrogen-bond acceptors (Lipinski definition) is 3. The summed E-state index contributed by atoms with van der Waals surface area (Å²) in [5, 5.41) is 0. The molecule has 1 rings (SSSR count). The molecule has 0 amide bonds. The Hall–Kier alpha value is -0.120. The van der Waals surface area contributed by atoms with E-state index in [-0.39, 0.29) is 0 Å². The number of likely N-dealkylation sites (N-methyl/N-ethyl adjacent to an activating group) is 1. The van der Waals surface area contributed by atoms with E-state index < -0.39 is 0 Å². The van der Waals surface area contributed by atoms with Gasteiger partial charge in [0.15, 0.2) is 0 Å². The molecule has 0 aromatic heterocycles. The van der Waals surface area contributed by atoms with Crippen LogP contribution in [-0.4, -0.2) is 44.8 Å². The summed E-state index contributed by atoms with van der Waals surface area (Å²) in [6.45, 7) is 5.03. The minimum atomic E-state index is 0.509. The van der Waals surface area contributed by atoms with Crippen LogP contribution in [0.3, 0.4) is 0 Å². The summed E-state index contributed by atoms with van der Waals surface area (Å²) in [6.07, 6.45) is 3.89. The van der Waals surface area contributed by atoms with E-state index in [1.165, 1.54) is 25.8 Å². The van der Waals surface area contributed by atoms with Gasteiger partial charge in [-0.1, -0.05) is 0 Å². The Morgan fingerprint density at radius 1 is 1.50 bits per heavy atom. The molecule has 1 aliphatic rings. The van der Waals surface area contributed by atoms with E-state index in [0.29, 0.717) is 11.5 Å². The van der Waals surface area contributed by atoms with Gasteiger partial charge in [0, 0.05) is 19.7 Å². The molecule has 0 radical (unpaired) electrons. The Kier molecular flexibility index (Phi) is 4.35. The van der Waals surface area contributed by atoms with Crippen molar-refractivity contribution < 1.29 is 4.74 Å². The second-order valence-corrected chi connectivity index (χ2v) is 4.76. The highest BCUT2D eigenvalue weighted by Gasteiger charge is 2.42. The number of nitrogens with zero attached hydrogens (tertiary/aromatic N) is 1. The van der Waals surface area contributed by atoms with Crippen LogP contribution >= 0.6 is 0 Å². The molecule has 14 heavy (non-hydrogen) atoms. The van der Waals surface area contributed by atoms with Gasteiger partial charge in [-0.05, 0) is 45.2 Å². The predicted octanol–water partition coefficient (Wildman–Crippen LogP) is 1.08. The van der Waals surface area contributed by atoms with Crippen molar-refractivity contribution in [3.05, 3.63) is 0 Å². The van der Waals surface area contributed by atoms with E-state index in [0.717, 1.165) is 13.2 Å². The van der Waals surface area contributed by atoms with Crippen molar-refractivity contribution in [1.29, 1.82) is 0 Å². The fraction of sp³-hybridized carbons (Fsp3) is 1.00. The summed E-state index contributed by atoms with van der Waals surface area (Å²) in [7, 11) is 3.94. The molecule has 2 N–H and O–H groups in total. The second-order valence-electron chi connectivity index (χ2n) is 4.76. The van der Waals surface area contributed by atoms with Crippen LogP contribution in [0, 0.1) is 5.41 Å². The maximum absolute atomic E-state index is 5.62. The minimum Gasteiger partial charge on any atom is -0.383 e. The molecule has 1 saturated carbocycles. The molecular formula is C11H24N2O. The van der Waals surface area contributed by atoms with Crippen LogP contribution in [0.2, 0.25) is 0 Å². The highest BCUT2D eigenvalue weighted by Crippen LogP contribution is 2.48. The zero-order chi connectivity index (χ0) is 10.6. The zero-order valence-electron chi connectivity index (χ0n) is 9.75. The maximum atomic E-state index is 5.62. The topological polar surface area (TPSA) is 38.5 Å². The third-order valence-electron chi connectivity index (χ3n) is 3.38. The molecular weight excluding hydrogens is 176 g/mol. The van der Waals surface area contributed by atoms with Crippen LogP contribution < -0.4 is 5.73 Å². The SMILES string of the molecule is COCC(C)N(C)CC1(CCN)CC1. The van der Waals surface area contributed by atoms with Gasteiger partial charge in [0.05, 0.1) is 6.61 Å². The molecule has 1 unspecified atom stereocenters. The van der Waals surface area contributed by atoms with Crippen molar-refractivity contribution in [3.8, 4) is 0 Å². The summed E-state index contributed by atoms with van der Waals surface area (Å²) in [5.74, 6) is 0. The van der Waals surface area contributed by atoms with Crippen LogP contribution in [0.25, 0.3) is 0 Å². The lowest BCUT2D eigenvalue weighted by molar-refractivity contribution is 0.101. The molecule has 3 nitrogen and oxygen atoms in total. The van der Waals surface area contributed by atoms with Gasteiger partial charge in [-0.3, -0.25) is 0 Å². The van der Waals surface area contributed by atoms with Gasteiger partial charge in [0.2, 0.25) is 0 Å². The molecule has 0 aromatic carbocycles. The summed E-state index contributed by atoms with van der Waals surface area (Å²) >= 11 is 0. The molecule has 0 aromatic rings. The Bertz CT molecular complexity index is 169. The van der Waals surface area contributed by atoms with Gasteiger partial charge >= 0.3 is 0 Å². The summed E-state index contributed by atoms with van der Waals surface area (Å²) in [5.41, 5.74) is 6.17. The van der Waals surface area contributed by atoms with E-state index in [4.69, 9.17) is 10.5 Å². The second kappa shape index (κ2) is 5.10. The van der Waals surface area contributed by atoms with Crippen LogP contribution in [0.4, 0.5) is 0 Å². The van der Waals surface area contributed by atoms with Gasteiger partial charge < -0.3 is 15.4 Å². The smallest absolute Gasteiger partial charge is 0.0615 e. The van der Waals surface area contributed by atoms with E-state index >= 15 is 0 Å². The van der Waals surface area contributed by atoms with E-state index in [1.807, 2.05) is 0 Å². The predicted molar refractivity (Wildman–Crippen MR) is 59.3 cm³/mol. The van der Waals surface area contributed by atoms with Crippen LogP contribution in [0.15, 0.2) is 0 Å². The number of methoxy groups -OCH3 is 1. The largest absolute Gasteiger partial charge is 0.383 e. The third kappa shape index (κ3) is 3.23. The molecule has 1 aliphatic carbocycles. The number of hydrogen-bond donors (Lipinski definition) is 1. The van der Waals surface area contributed by atoms with Crippen molar-refractivity contribution >= 4 is 0 Å². The lowest BCUT2D eigenvalue weighted by Gasteiger charge is -2.28. The Morgan fingerprint density at radius 3 is 2.57 bits per heavy atom. The molecule has 1 fully saturated rings. The monoisotopic (exact) mass is 200 g/mol. The first-order valence-corrected chi connectivity index (χ1v) is 5.53. The van der Waals surface area contributed by atoms with Crippen LogP contribution in [0.5, 0.6) is 0 Å². The number of ether oxygens (including phenoxy) is 1. The molecule has 1 atom stereocenters. The van der Waals surface area contributed by atoms with Gasteiger partial charge in [-0.15, -0.1) is 0 Å². The number of rotatable bonds is 7. The van der Waals surface area contributed by atoms with Crippen molar-refractivity contribution in [2.45, 2.75) is 32.2 Å². The highest BCUT2D eigenvalue weighted by molar-refractivity contribution is 4.95. The normalized spacial score (nSPS) is 21.2. The molecule has 0 saturated heterocycles. The van der Waals surface area contributed by atoms with Gasteiger partial charge in [-0.2, -0.15) is 0 Å². The Labute approximate surface area is 87.6 Å². The highest BCUT2D eigenvalue weighted by atomic mass is 16.5. The van der Waals surface area contributed by atoms with Crippen LogP contribution in [-0.2, 0) is 4.74 Å². The minimum absolute atomic E-state index is 0.509. The fourth-order valence-corrected chi connectivity index (χ4v) is 2.02. The first kappa shape index (κ1) is 12.0. The summed E-state index contributed by atoms with van der Waals surface area (Å²) in [4.78, 5) is 2.40. The zero-order valence-corrected chi connectivity index (χ0v) is 9.75. The average molecular weight is 200 g/mol. The van der Waals surface area contributed by atoms with Crippen molar-refractivity contribution in [2.75, 3.05) is 33.9 Å². The molecule has 0 aliphatic heterocycles.